The Morgan fingerprint density at radius 1 is 0.829 bits per heavy atom. The summed E-state index contributed by atoms with van der Waals surface area (Å²) in [6.07, 6.45) is -1.47. The molecule has 35 heavy (non-hydrogen) atoms. The van der Waals surface area contributed by atoms with Crippen LogP contribution in [0, 0.1) is 6.92 Å². The molecule has 8 nitrogen and oxygen atoms in total. The SMILES string of the molecule is Cc1cc(C[C@](C)(NC(=O)OCc2ccccc2)C(N)=O)ccc1OC(=O)OCc1ccccc1. The second kappa shape index (κ2) is 11.7. The molecule has 0 aliphatic heterocycles. The first-order valence-corrected chi connectivity index (χ1v) is 11.0. The minimum atomic E-state index is -1.39. The molecular formula is C27H28N2O6. The summed E-state index contributed by atoms with van der Waals surface area (Å²) in [4.78, 5) is 36.6. The zero-order valence-corrected chi connectivity index (χ0v) is 19.7. The molecule has 0 bridgehead atoms. The summed E-state index contributed by atoms with van der Waals surface area (Å²) < 4.78 is 15.7. The Bertz CT molecular complexity index is 1170. The number of nitrogens with one attached hydrogen (secondary N) is 1. The van der Waals surface area contributed by atoms with E-state index < -0.39 is 23.7 Å². The van der Waals surface area contributed by atoms with Gasteiger partial charge < -0.3 is 25.3 Å². The standard InChI is InChI=1S/C27H28N2O6/c1-19-15-22(13-14-23(19)35-26(32)34-18-21-11-7-4-8-12-21)16-27(2,24(28)30)29-25(31)33-17-20-9-5-3-6-10-20/h3-15H,16-18H2,1-2H3,(H2,28,30)(H,29,31)/t27-/m0/s1. The Kier molecular flexibility index (Phi) is 8.45. The minimum Gasteiger partial charge on any atom is -0.445 e. The molecule has 0 unspecified atom stereocenters. The summed E-state index contributed by atoms with van der Waals surface area (Å²) in [6.45, 7) is 3.44. The van der Waals surface area contributed by atoms with E-state index in [1.54, 1.807) is 25.1 Å². The zero-order chi connectivity index (χ0) is 25.3. The number of carbonyl (C=O) groups is 3. The number of amides is 2. The van der Waals surface area contributed by atoms with Gasteiger partial charge in [-0.1, -0.05) is 72.8 Å². The van der Waals surface area contributed by atoms with E-state index >= 15 is 0 Å². The second-order valence-electron chi connectivity index (χ2n) is 8.29. The van der Waals surface area contributed by atoms with Gasteiger partial charge in [0, 0.05) is 6.42 Å². The van der Waals surface area contributed by atoms with Gasteiger partial charge in [-0.15, -0.1) is 0 Å². The fourth-order valence-corrected chi connectivity index (χ4v) is 3.36. The maximum Gasteiger partial charge on any atom is 0.514 e. The van der Waals surface area contributed by atoms with Crippen LogP contribution >= 0.6 is 0 Å². The number of benzene rings is 3. The van der Waals surface area contributed by atoms with Gasteiger partial charge in [-0.25, -0.2) is 9.59 Å². The normalized spacial score (nSPS) is 12.2. The number of hydrogen-bond acceptors (Lipinski definition) is 6. The van der Waals surface area contributed by atoms with Crippen molar-refractivity contribution in [3.8, 4) is 5.75 Å². The van der Waals surface area contributed by atoms with E-state index in [-0.39, 0.29) is 19.6 Å². The third kappa shape index (κ3) is 7.60. The highest BCUT2D eigenvalue weighted by molar-refractivity contribution is 5.88. The number of alkyl carbamates (subject to hydrolysis) is 1. The zero-order valence-electron chi connectivity index (χ0n) is 19.7. The second-order valence-corrected chi connectivity index (χ2v) is 8.29. The smallest absolute Gasteiger partial charge is 0.445 e. The fraction of sp³-hybridized carbons (Fsp3) is 0.222. The van der Waals surface area contributed by atoms with E-state index in [9.17, 15) is 14.4 Å². The molecule has 3 aromatic carbocycles. The first-order chi connectivity index (χ1) is 16.7. The van der Waals surface area contributed by atoms with Gasteiger partial charge in [0.25, 0.3) is 0 Å². The lowest BCUT2D eigenvalue weighted by molar-refractivity contribution is -0.123. The molecule has 3 aromatic rings. The van der Waals surface area contributed by atoms with E-state index in [4.69, 9.17) is 19.9 Å². The van der Waals surface area contributed by atoms with Crippen LogP contribution in [-0.4, -0.2) is 23.7 Å². The molecule has 0 spiro atoms. The first-order valence-electron chi connectivity index (χ1n) is 11.0. The summed E-state index contributed by atoms with van der Waals surface area (Å²) in [5.74, 6) is -0.389. The number of hydrogen-bond donors (Lipinski definition) is 2. The molecule has 3 rings (SSSR count). The highest BCUT2D eigenvalue weighted by Gasteiger charge is 2.34. The van der Waals surface area contributed by atoms with Gasteiger partial charge >= 0.3 is 12.2 Å². The Balaban J connectivity index is 1.58. The van der Waals surface area contributed by atoms with E-state index in [0.717, 1.165) is 11.1 Å². The van der Waals surface area contributed by atoms with Gasteiger partial charge in [0.15, 0.2) is 0 Å². The molecule has 0 aliphatic carbocycles. The van der Waals surface area contributed by atoms with E-state index in [0.29, 0.717) is 16.9 Å². The van der Waals surface area contributed by atoms with Crippen molar-refractivity contribution in [3.63, 3.8) is 0 Å². The monoisotopic (exact) mass is 476 g/mol. The van der Waals surface area contributed by atoms with E-state index in [1.165, 1.54) is 6.92 Å². The van der Waals surface area contributed by atoms with Crippen LogP contribution in [0.5, 0.6) is 5.75 Å². The molecule has 182 valence electrons. The van der Waals surface area contributed by atoms with Crippen molar-refractivity contribution in [1.29, 1.82) is 0 Å². The molecule has 0 aromatic heterocycles. The van der Waals surface area contributed by atoms with Crippen molar-refractivity contribution in [2.75, 3.05) is 0 Å². The molecule has 0 aliphatic rings. The van der Waals surface area contributed by atoms with Crippen molar-refractivity contribution in [3.05, 3.63) is 101 Å². The van der Waals surface area contributed by atoms with Crippen LogP contribution in [-0.2, 0) is 33.9 Å². The summed E-state index contributed by atoms with van der Waals surface area (Å²) in [5, 5.41) is 2.57. The van der Waals surface area contributed by atoms with Crippen molar-refractivity contribution < 1.29 is 28.6 Å². The number of primary amides is 1. The van der Waals surface area contributed by atoms with Crippen molar-refractivity contribution >= 4 is 18.2 Å². The van der Waals surface area contributed by atoms with Gasteiger partial charge in [0.05, 0.1) is 0 Å². The van der Waals surface area contributed by atoms with Gasteiger partial charge in [-0.3, -0.25) is 4.79 Å². The van der Waals surface area contributed by atoms with E-state index in [2.05, 4.69) is 5.32 Å². The Morgan fingerprint density at radius 2 is 1.40 bits per heavy atom. The highest BCUT2D eigenvalue weighted by atomic mass is 16.7. The number of nitrogens with two attached hydrogens (primary N) is 1. The van der Waals surface area contributed by atoms with Crippen molar-refractivity contribution in [2.24, 2.45) is 5.73 Å². The lowest BCUT2D eigenvalue weighted by Crippen LogP contribution is -2.56. The van der Waals surface area contributed by atoms with Gasteiger partial charge in [-0.05, 0) is 42.2 Å². The molecule has 0 fully saturated rings. The molecular weight excluding hydrogens is 448 g/mol. The van der Waals surface area contributed by atoms with Crippen molar-refractivity contribution in [2.45, 2.75) is 39.0 Å². The largest absolute Gasteiger partial charge is 0.514 e. The number of rotatable bonds is 9. The van der Waals surface area contributed by atoms with Gasteiger partial charge in [0.1, 0.15) is 24.5 Å². The van der Waals surface area contributed by atoms with Crippen LogP contribution in [0.3, 0.4) is 0 Å². The molecule has 0 saturated carbocycles. The third-order valence-electron chi connectivity index (χ3n) is 5.32. The summed E-state index contributed by atoms with van der Waals surface area (Å²) >= 11 is 0. The summed E-state index contributed by atoms with van der Waals surface area (Å²) in [5.41, 5.74) is 7.22. The highest BCUT2D eigenvalue weighted by Crippen LogP contribution is 2.23. The van der Waals surface area contributed by atoms with Crippen LogP contribution in [0.25, 0.3) is 0 Å². The maximum atomic E-state index is 12.3. The van der Waals surface area contributed by atoms with E-state index in [1.807, 2.05) is 60.7 Å². The quantitative estimate of drug-likeness (QED) is 0.349. The molecule has 0 saturated heterocycles. The molecule has 3 N–H and O–H groups in total. The average Bonchev–Trinajstić information content (AvgIpc) is 2.84. The van der Waals surface area contributed by atoms with Crippen LogP contribution in [0.4, 0.5) is 9.59 Å². The lowest BCUT2D eigenvalue weighted by Gasteiger charge is -2.27. The fourth-order valence-electron chi connectivity index (χ4n) is 3.36. The minimum absolute atomic E-state index is 0.0625. The Labute approximate surface area is 204 Å². The number of ether oxygens (including phenoxy) is 3. The molecule has 2 amide bonds. The third-order valence-corrected chi connectivity index (χ3v) is 5.32. The van der Waals surface area contributed by atoms with Crippen LogP contribution in [0.2, 0.25) is 0 Å². The predicted molar refractivity (Wildman–Crippen MR) is 130 cm³/mol. The number of carbonyl (C=O) groups excluding carboxylic acids is 3. The molecule has 1 atom stereocenters. The molecule has 0 radical (unpaired) electrons. The summed E-state index contributed by atoms with van der Waals surface area (Å²) in [6, 6.07) is 23.5. The van der Waals surface area contributed by atoms with Crippen LogP contribution < -0.4 is 15.8 Å². The lowest BCUT2D eigenvalue weighted by atomic mass is 9.91. The summed E-state index contributed by atoms with van der Waals surface area (Å²) in [7, 11) is 0. The van der Waals surface area contributed by atoms with Crippen LogP contribution in [0.15, 0.2) is 78.9 Å². The Morgan fingerprint density at radius 3 is 1.94 bits per heavy atom. The average molecular weight is 477 g/mol. The predicted octanol–water partition coefficient (Wildman–Crippen LogP) is 4.42. The topological polar surface area (TPSA) is 117 Å². The maximum absolute atomic E-state index is 12.3. The number of aryl methyl sites for hydroxylation is 1. The molecule has 0 heterocycles. The Hall–Kier alpha value is -4.33. The molecule has 8 heteroatoms. The first kappa shape index (κ1) is 25.3. The van der Waals surface area contributed by atoms with Crippen molar-refractivity contribution in [1.82, 2.24) is 5.32 Å². The van der Waals surface area contributed by atoms with Gasteiger partial charge in [0.2, 0.25) is 5.91 Å². The van der Waals surface area contributed by atoms with Gasteiger partial charge in [-0.2, -0.15) is 0 Å². The van der Waals surface area contributed by atoms with Crippen LogP contribution in [0.1, 0.15) is 29.2 Å².